The first-order valence-corrected chi connectivity index (χ1v) is 7.49. The number of hydrogen-bond acceptors (Lipinski definition) is 5. The lowest BCUT2D eigenvalue weighted by atomic mass is 10.1. The normalized spacial score (nSPS) is 11.9. The van der Waals surface area contributed by atoms with Crippen molar-refractivity contribution < 1.29 is 17.7 Å². The topological polar surface area (TPSA) is 55.1 Å². The molecule has 0 atom stereocenters. The van der Waals surface area contributed by atoms with Crippen LogP contribution in [0.5, 0.6) is 0 Å². The molecule has 0 saturated carbocycles. The number of rotatable bonds is 5. The summed E-state index contributed by atoms with van der Waals surface area (Å²) in [7, 11) is 1.83. The minimum Gasteiger partial charge on any atom is -0.338 e. The Bertz CT molecular complexity index is 816. The highest BCUT2D eigenvalue weighted by atomic mass is 19.4. The minimum absolute atomic E-state index is 0.383. The van der Waals surface area contributed by atoms with Gasteiger partial charge in [-0.05, 0) is 36.9 Å². The van der Waals surface area contributed by atoms with Crippen molar-refractivity contribution in [1.29, 1.82) is 0 Å². The van der Waals surface area contributed by atoms with Gasteiger partial charge in [-0.2, -0.15) is 18.2 Å². The average Bonchev–Trinajstić information content (AvgIpc) is 3.03. The van der Waals surface area contributed by atoms with Crippen LogP contribution in [0.1, 0.15) is 17.0 Å². The average molecular weight is 348 g/mol. The van der Waals surface area contributed by atoms with Gasteiger partial charge in [0.05, 0.1) is 12.1 Å². The second-order valence-electron chi connectivity index (χ2n) is 5.62. The lowest BCUT2D eigenvalue weighted by molar-refractivity contribution is -0.137. The summed E-state index contributed by atoms with van der Waals surface area (Å²) in [5.41, 5.74) is 0.863. The number of nitrogens with zero attached hydrogens (tertiary/aromatic N) is 4. The van der Waals surface area contributed by atoms with Gasteiger partial charge in [0.25, 0.3) is 0 Å². The molecule has 0 fully saturated rings. The third-order valence-electron chi connectivity index (χ3n) is 3.53. The van der Waals surface area contributed by atoms with E-state index < -0.39 is 11.7 Å². The molecule has 0 N–H and O–H groups in total. The van der Waals surface area contributed by atoms with Crippen molar-refractivity contribution in [3.63, 3.8) is 0 Å². The largest absolute Gasteiger partial charge is 0.416 e. The number of benzene rings is 1. The van der Waals surface area contributed by atoms with Crippen LogP contribution in [-0.2, 0) is 19.3 Å². The molecule has 0 amide bonds. The zero-order chi connectivity index (χ0) is 17.9. The maximum atomic E-state index is 12.6. The molecule has 3 aromatic rings. The van der Waals surface area contributed by atoms with Gasteiger partial charge in [-0.1, -0.05) is 17.3 Å². The first kappa shape index (κ1) is 17.1. The smallest absolute Gasteiger partial charge is 0.338 e. The summed E-state index contributed by atoms with van der Waals surface area (Å²) in [6, 6.07) is 8.70. The summed E-state index contributed by atoms with van der Waals surface area (Å²) in [6.07, 6.45) is -1.03. The highest BCUT2D eigenvalue weighted by Gasteiger charge is 2.29. The van der Waals surface area contributed by atoms with Gasteiger partial charge in [0.1, 0.15) is 0 Å². The molecule has 0 spiro atoms. The predicted molar refractivity (Wildman–Crippen MR) is 84.1 cm³/mol. The molecule has 0 radical (unpaired) electrons. The van der Waals surface area contributed by atoms with Crippen LogP contribution in [0.15, 0.2) is 53.3 Å². The van der Waals surface area contributed by atoms with E-state index in [1.54, 1.807) is 18.5 Å². The Morgan fingerprint density at radius 1 is 1.08 bits per heavy atom. The van der Waals surface area contributed by atoms with Crippen molar-refractivity contribution in [3.8, 4) is 11.4 Å². The van der Waals surface area contributed by atoms with E-state index in [2.05, 4.69) is 15.1 Å². The van der Waals surface area contributed by atoms with E-state index >= 15 is 0 Å². The molecule has 0 aliphatic rings. The Morgan fingerprint density at radius 3 is 2.48 bits per heavy atom. The highest BCUT2D eigenvalue weighted by molar-refractivity contribution is 5.51. The van der Waals surface area contributed by atoms with Crippen LogP contribution in [0.4, 0.5) is 13.2 Å². The van der Waals surface area contributed by atoms with Crippen LogP contribution in [0.3, 0.4) is 0 Å². The van der Waals surface area contributed by atoms with E-state index in [1.165, 1.54) is 12.1 Å². The Kier molecular flexibility index (Phi) is 4.80. The van der Waals surface area contributed by atoms with Crippen molar-refractivity contribution in [2.24, 2.45) is 0 Å². The monoisotopic (exact) mass is 348 g/mol. The molecule has 2 heterocycles. The summed E-state index contributed by atoms with van der Waals surface area (Å²) >= 11 is 0. The molecule has 0 aliphatic carbocycles. The van der Waals surface area contributed by atoms with Crippen molar-refractivity contribution in [2.45, 2.75) is 19.3 Å². The van der Waals surface area contributed by atoms with Crippen LogP contribution in [0, 0.1) is 0 Å². The second kappa shape index (κ2) is 7.02. The molecule has 8 heteroatoms. The van der Waals surface area contributed by atoms with Gasteiger partial charge in [-0.3, -0.25) is 9.88 Å². The van der Waals surface area contributed by atoms with Gasteiger partial charge in [0.15, 0.2) is 0 Å². The minimum atomic E-state index is -4.32. The van der Waals surface area contributed by atoms with E-state index in [0.29, 0.717) is 24.8 Å². The fourth-order valence-corrected chi connectivity index (χ4v) is 2.33. The second-order valence-corrected chi connectivity index (χ2v) is 5.62. The van der Waals surface area contributed by atoms with Gasteiger partial charge in [-0.15, -0.1) is 0 Å². The van der Waals surface area contributed by atoms with E-state index in [9.17, 15) is 13.2 Å². The maximum absolute atomic E-state index is 12.6. The molecule has 2 aromatic heterocycles. The van der Waals surface area contributed by atoms with Crippen LogP contribution >= 0.6 is 0 Å². The van der Waals surface area contributed by atoms with E-state index in [1.807, 2.05) is 18.0 Å². The van der Waals surface area contributed by atoms with Crippen LogP contribution in [0.25, 0.3) is 11.4 Å². The van der Waals surface area contributed by atoms with Crippen LogP contribution < -0.4 is 0 Å². The summed E-state index contributed by atoms with van der Waals surface area (Å²) in [6.45, 7) is 0.844. The fraction of sp³-hybridized carbons (Fsp3) is 0.235. The van der Waals surface area contributed by atoms with Gasteiger partial charge >= 0.3 is 6.18 Å². The standard InChI is InChI=1S/C17H15F3N4O/c1-24(10-12-4-6-14(7-5-12)17(18,19)20)11-15-22-16(23-25-15)13-3-2-8-21-9-13/h2-9H,10-11H2,1H3. The molecule has 3 rings (SSSR count). The number of aromatic nitrogens is 3. The number of hydrogen-bond donors (Lipinski definition) is 0. The van der Waals surface area contributed by atoms with Crippen molar-refractivity contribution >= 4 is 0 Å². The van der Waals surface area contributed by atoms with E-state index in [-0.39, 0.29) is 0 Å². The molecule has 5 nitrogen and oxygen atoms in total. The number of pyridine rings is 1. The molecular formula is C17H15F3N4O. The fourth-order valence-electron chi connectivity index (χ4n) is 2.33. The first-order valence-electron chi connectivity index (χ1n) is 7.49. The number of halogens is 3. The molecular weight excluding hydrogens is 333 g/mol. The molecule has 25 heavy (non-hydrogen) atoms. The molecule has 1 aromatic carbocycles. The van der Waals surface area contributed by atoms with Crippen molar-refractivity contribution in [2.75, 3.05) is 7.05 Å². The first-order chi connectivity index (χ1) is 11.9. The van der Waals surface area contributed by atoms with Gasteiger partial charge in [-0.25, -0.2) is 0 Å². The Balaban J connectivity index is 1.61. The molecule has 0 saturated heterocycles. The van der Waals surface area contributed by atoms with E-state index in [0.717, 1.165) is 23.3 Å². The summed E-state index contributed by atoms with van der Waals surface area (Å²) in [4.78, 5) is 10.2. The summed E-state index contributed by atoms with van der Waals surface area (Å²) in [5.74, 6) is 0.874. The van der Waals surface area contributed by atoms with E-state index in [4.69, 9.17) is 4.52 Å². The van der Waals surface area contributed by atoms with Gasteiger partial charge in [0.2, 0.25) is 11.7 Å². The lowest BCUT2D eigenvalue weighted by Crippen LogP contribution is -2.17. The van der Waals surface area contributed by atoms with Gasteiger partial charge in [0, 0.05) is 24.5 Å². The third kappa shape index (κ3) is 4.42. The molecule has 130 valence electrons. The summed E-state index contributed by atoms with van der Waals surface area (Å²) < 4.78 is 42.9. The maximum Gasteiger partial charge on any atom is 0.416 e. The summed E-state index contributed by atoms with van der Waals surface area (Å²) in [5, 5.41) is 3.91. The molecule has 0 bridgehead atoms. The quantitative estimate of drug-likeness (QED) is 0.702. The lowest BCUT2D eigenvalue weighted by Gasteiger charge is -2.14. The molecule has 0 aliphatic heterocycles. The van der Waals surface area contributed by atoms with Gasteiger partial charge < -0.3 is 4.52 Å². The van der Waals surface area contributed by atoms with Crippen LogP contribution in [-0.4, -0.2) is 27.1 Å². The Hall–Kier alpha value is -2.74. The number of alkyl halides is 3. The Morgan fingerprint density at radius 2 is 1.84 bits per heavy atom. The third-order valence-corrected chi connectivity index (χ3v) is 3.53. The Labute approximate surface area is 142 Å². The zero-order valence-corrected chi connectivity index (χ0v) is 13.4. The molecule has 0 unspecified atom stereocenters. The SMILES string of the molecule is CN(Cc1ccc(C(F)(F)F)cc1)Cc1nc(-c2cccnc2)no1. The van der Waals surface area contributed by atoms with Crippen molar-refractivity contribution in [1.82, 2.24) is 20.0 Å². The van der Waals surface area contributed by atoms with Crippen molar-refractivity contribution in [3.05, 3.63) is 65.8 Å². The zero-order valence-electron chi connectivity index (χ0n) is 13.4. The highest BCUT2D eigenvalue weighted by Crippen LogP contribution is 2.29. The predicted octanol–water partition coefficient (Wildman–Crippen LogP) is 3.78. The van der Waals surface area contributed by atoms with Crippen LogP contribution in [0.2, 0.25) is 0 Å².